The first-order valence-electron chi connectivity index (χ1n) is 6.97. The van der Waals surface area contributed by atoms with Gasteiger partial charge in [0.05, 0.1) is 17.5 Å². The summed E-state index contributed by atoms with van der Waals surface area (Å²) >= 11 is 1.56. The van der Waals surface area contributed by atoms with Gasteiger partial charge in [-0.15, -0.1) is 11.8 Å². The number of benzene rings is 1. The van der Waals surface area contributed by atoms with Crippen LogP contribution in [0.1, 0.15) is 6.42 Å². The molecule has 5 heteroatoms. The molecule has 3 rings (SSSR count). The fourth-order valence-electron chi connectivity index (χ4n) is 3.48. The zero-order valence-corrected chi connectivity index (χ0v) is 12.5. The number of hydrogen-bond acceptors (Lipinski definition) is 3. The van der Waals surface area contributed by atoms with Gasteiger partial charge in [-0.2, -0.15) is 0 Å². The Morgan fingerprint density at radius 3 is 2.52 bits per heavy atom. The largest absolute Gasteiger partial charge is 0.481 e. The Labute approximate surface area is 127 Å². The lowest BCUT2D eigenvalue weighted by Crippen LogP contribution is -2.36. The van der Waals surface area contributed by atoms with E-state index in [0.29, 0.717) is 0 Å². The van der Waals surface area contributed by atoms with Crippen molar-refractivity contribution in [3.63, 3.8) is 0 Å². The summed E-state index contributed by atoms with van der Waals surface area (Å²) in [5, 5.41) is 12.3. The number of carbonyl (C=O) groups is 2. The molecule has 0 saturated heterocycles. The Morgan fingerprint density at radius 1 is 1.19 bits per heavy atom. The van der Waals surface area contributed by atoms with Crippen LogP contribution in [0, 0.1) is 23.7 Å². The predicted molar refractivity (Wildman–Crippen MR) is 82.2 cm³/mol. The van der Waals surface area contributed by atoms with Crippen molar-refractivity contribution in [2.75, 3.05) is 11.6 Å². The van der Waals surface area contributed by atoms with Crippen molar-refractivity contribution < 1.29 is 14.7 Å². The van der Waals surface area contributed by atoms with Gasteiger partial charge in [0.2, 0.25) is 5.91 Å². The summed E-state index contributed by atoms with van der Waals surface area (Å²) in [4.78, 5) is 25.0. The van der Waals surface area contributed by atoms with Gasteiger partial charge in [-0.3, -0.25) is 9.59 Å². The maximum Gasteiger partial charge on any atom is 0.307 e. The lowest BCUT2D eigenvalue weighted by Gasteiger charge is -2.24. The maximum absolute atomic E-state index is 12.6. The molecule has 4 nitrogen and oxygen atoms in total. The SMILES string of the molecule is CSc1ccccc1NC(=O)[C@H]1[C@@H](C(=O)O)[C@H]2C=C[C@H]1C2. The molecule has 2 N–H and O–H groups in total. The summed E-state index contributed by atoms with van der Waals surface area (Å²) in [6.07, 6.45) is 6.67. The molecule has 2 aliphatic rings. The second-order valence-corrected chi connectivity index (χ2v) is 6.38. The molecule has 1 fully saturated rings. The third-order valence-corrected chi connectivity index (χ3v) is 5.21. The number of hydrogen-bond donors (Lipinski definition) is 2. The van der Waals surface area contributed by atoms with Gasteiger partial charge < -0.3 is 10.4 Å². The number of carboxylic acids is 1. The minimum atomic E-state index is -0.870. The molecule has 2 bridgehead atoms. The molecular formula is C16H17NO3S. The molecule has 0 aromatic heterocycles. The number of anilines is 1. The maximum atomic E-state index is 12.6. The average molecular weight is 303 g/mol. The van der Waals surface area contributed by atoms with E-state index in [0.717, 1.165) is 17.0 Å². The van der Waals surface area contributed by atoms with Crippen LogP contribution in [-0.4, -0.2) is 23.2 Å². The van der Waals surface area contributed by atoms with Crippen LogP contribution < -0.4 is 5.32 Å². The van der Waals surface area contributed by atoms with Crippen LogP contribution in [0.15, 0.2) is 41.3 Å². The quantitative estimate of drug-likeness (QED) is 0.663. The Morgan fingerprint density at radius 2 is 1.86 bits per heavy atom. The lowest BCUT2D eigenvalue weighted by atomic mass is 9.82. The van der Waals surface area contributed by atoms with Crippen molar-refractivity contribution in [2.24, 2.45) is 23.7 Å². The van der Waals surface area contributed by atoms with Crippen molar-refractivity contribution in [1.82, 2.24) is 0 Å². The van der Waals surface area contributed by atoms with Crippen LogP contribution >= 0.6 is 11.8 Å². The molecule has 1 aromatic carbocycles. The summed E-state index contributed by atoms with van der Waals surface area (Å²) in [5.41, 5.74) is 0.755. The topological polar surface area (TPSA) is 66.4 Å². The number of carbonyl (C=O) groups excluding carboxylic acids is 1. The number of nitrogens with one attached hydrogen (secondary N) is 1. The zero-order chi connectivity index (χ0) is 15.0. The second kappa shape index (κ2) is 5.56. The molecule has 1 saturated carbocycles. The summed E-state index contributed by atoms with van der Waals surface area (Å²) in [5.74, 6) is -2.06. The number of aliphatic carboxylic acids is 1. The summed E-state index contributed by atoms with van der Waals surface area (Å²) in [6.45, 7) is 0. The van der Waals surface area contributed by atoms with Gasteiger partial charge in [0.15, 0.2) is 0 Å². The number of amides is 1. The molecular weight excluding hydrogens is 286 g/mol. The van der Waals surface area contributed by atoms with Crippen molar-refractivity contribution in [3.05, 3.63) is 36.4 Å². The highest BCUT2D eigenvalue weighted by molar-refractivity contribution is 7.98. The molecule has 0 unspecified atom stereocenters. The van der Waals surface area contributed by atoms with Crippen LogP contribution in [0.2, 0.25) is 0 Å². The van der Waals surface area contributed by atoms with E-state index >= 15 is 0 Å². The highest BCUT2D eigenvalue weighted by Crippen LogP contribution is 2.48. The number of fused-ring (bicyclic) bond motifs is 2. The van der Waals surface area contributed by atoms with Gasteiger partial charge in [0.1, 0.15) is 0 Å². The lowest BCUT2D eigenvalue weighted by molar-refractivity contribution is -0.146. The van der Waals surface area contributed by atoms with Crippen LogP contribution in [0.5, 0.6) is 0 Å². The Bertz CT molecular complexity index is 613. The highest BCUT2D eigenvalue weighted by Gasteiger charge is 2.51. The minimum absolute atomic E-state index is 0.000885. The molecule has 2 aliphatic carbocycles. The number of rotatable bonds is 4. The van der Waals surface area contributed by atoms with Crippen molar-refractivity contribution >= 4 is 29.3 Å². The van der Waals surface area contributed by atoms with Crippen LogP contribution in [0.3, 0.4) is 0 Å². The molecule has 0 heterocycles. The summed E-state index contributed by atoms with van der Waals surface area (Å²) in [7, 11) is 0. The van der Waals surface area contributed by atoms with Gasteiger partial charge in [0, 0.05) is 4.90 Å². The van der Waals surface area contributed by atoms with E-state index in [9.17, 15) is 14.7 Å². The number of para-hydroxylation sites is 1. The molecule has 1 aromatic rings. The zero-order valence-electron chi connectivity index (χ0n) is 11.7. The van der Waals surface area contributed by atoms with Crippen molar-refractivity contribution in [2.45, 2.75) is 11.3 Å². The van der Waals surface area contributed by atoms with Crippen LogP contribution in [-0.2, 0) is 9.59 Å². The number of carboxylic acid groups (broad SMARTS) is 1. The molecule has 1 amide bonds. The summed E-state index contributed by atoms with van der Waals surface area (Å²) < 4.78 is 0. The highest BCUT2D eigenvalue weighted by atomic mass is 32.2. The van der Waals surface area contributed by atoms with Gasteiger partial charge in [0.25, 0.3) is 0 Å². The first-order chi connectivity index (χ1) is 10.1. The van der Waals surface area contributed by atoms with E-state index in [1.165, 1.54) is 0 Å². The van der Waals surface area contributed by atoms with E-state index in [2.05, 4.69) is 5.32 Å². The second-order valence-electron chi connectivity index (χ2n) is 5.53. The Kier molecular flexibility index (Phi) is 3.76. The third-order valence-electron chi connectivity index (χ3n) is 4.41. The first-order valence-corrected chi connectivity index (χ1v) is 8.19. The predicted octanol–water partition coefficient (Wildman–Crippen LogP) is 2.87. The molecule has 21 heavy (non-hydrogen) atoms. The number of thioether (sulfide) groups is 1. The first kappa shape index (κ1) is 14.2. The number of allylic oxidation sites excluding steroid dienone is 2. The van der Waals surface area contributed by atoms with Crippen LogP contribution in [0.4, 0.5) is 5.69 Å². The van der Waals surface area contributed by atoms with Gasteiger partial charge in [-0.1, -0.05) is 24.3 Å². The molecule has 4 atom stereocenters. The van der Waals surface area contributed by atoms with Crippen LogP contribution in [0.25, 0.3) is 0 Å². The molecule has 0 aliphatic heterocycles. The third kappa shape index (κ3) is 2.46. The fourth-order valence-corrected chi connectivity index (χ4v) is 4.03. The van der Waals surface area contributed by atoms with E-state index in [1.807, 2.05) is 42.7 Å². The van der Waals surface area contributed by atoms with Crippen molar-refractivity contribution in [1.29, 1.82) is 0 Å². The standard InChI is InChI=1S/C16H17NO3S/c1-21-12-5-3-2-4-11(12)17-15(18)13-9-6-7-10(8-9)14(13)16(19)20/h2-7,9-10,13-14H,8H2,1H3,(H,17,18)(H,19,20)/t9-,10-,13+,14-/m0/s1. The molecule has 110 valence electrons. The van der Waals surface area contributed by atoms with E-state index in [-0.39, 0.29) is 17.7 Å². The average Bonchev–Trinajstić information content (AvgIpc) is 3.08. The summed E-state index contributed by atoms with van der Waals surface area (Å²) in [6, 6.07) is 7.57. The Hall–Kier alpha value is -1.75. The normalized spacial score (nSPS) is 29.6. The van der Waals surface area contributed by atoms with Gasteiger partial charge in [-0.05, 0) is 36.6 Å². The molecule has 0 radical (unpaired) electrons. The minimum Gasteiger partial charge on any atom is -0.481 e. The monoisotopic (exact) mass is 303 g/mol. The van der Waals surface area contributed by atoms with E-state index in [1.54, 1.807) is 11.8 Å². The fraction of sp³-hybridized carbons (Fsp3) is 0.375. The van der Waals surface area contributed by atoms with Gasteiger partial charge in [-0.25, -0.2) is 0 Å². The van der Waals surface area contributed by atoms with Crippen molar-refractivity contribution in [3.8, 4) is 0 Å². The Balaban J connectivity index is 1.82. The van der Waals surface area contributed by atoms with E-state index < -0.39 is 17.8 Å². The van der Waals surface area contributed by atoms with E-state index in [4.69, 9.17) is 0 Å². The molecule has 0 spiro atoms. The van der Waals surface area contributed by atoms with Gasteiger partial charge >= 0.3 is 5.97 Å². The smallest absolute Gasteiger partial charge is 0.307 e.